The first-order valence-electron chi connectivity index (χ1n) is 5.09. The minimum atomic E-state index is -0.147. The maximum absolute atomic E-state index is 9.87. The van der Waals surface area contributed by atoms with Crippen LogP contribution in [0.2, 0.25) is 0 Å². The molecular weight excluding hydrogens is 240 g/mol. The van der Waals surface area contributed by atoms with Crippen molar-refractivity contribution in [3.8, 4) is 0 Å². The zero-order chi connectivity index (χ0) is 10.1. The van der Waals surface area contributed by atoms with Crippen LogP contribution >= 0.6 is 15.9 Å². The number of aliphatic hydroxyl groups is 1. The molecule has 3 atom stereocenters. The Hall–Kier alpha value is -0.340. The third-order valence-corrected chi connectivity index (χ3v) is 3.55. The number of benzene rings is 1. The van der Waals surface area contributed by atoms with Gasteiger partial charge in [0.15, 0.2) is 0 Å². The average molecular weight is 255 g/mol. The molecule has 14 heavy (non-hydrogen) atoms. The molecule has 2 rings (SSSR count). The van der Waals surface area contributed by atoms with E-state index < -0.39 is 0 Å². The van der Waals surface area contributed by atoms with Gasteiger partial charge in [-0.1, -0.05) is 35.0 Å². The number of rotatable bonds is 3. The molecule has 0 saturated heterocycles. The van der Waals surface area contributed by atoms with E-state index in [1.54, 1.807) is 0 Å². The van der Waals surface area contributed by atoms with Crippen molar-refractivity contribution < 1.29 is 5.11 Å². The zero-order valence-electron chi connectivity index (χ0n) is 8.28. The number of halogens is 1. The highest BCUT2D eigenvalue weighted by molar-refractivity contribution is 9.10. The Morgan fingerprint density at radius 2 is 2.00 bits per heavy atom. The molecule has 1 saturated carbocycles. The summed E-state index contributed by atoms with van der Waals surface area (Å²) in [6, 6.07) is 8.19. The average Bonchev–Trinajstić information content (AvgIpc) is 2.87. The van der Waals surface area contributed by atoms with Gasteiger partial charge in [0.05, 0.1) is 6.10 Å². The Morgan fingerprint density at radius 3 is 2.50 bits per heavy atom. The number of hydrogen-bond donors (Lipinski definition) is 1. The van der Waals surface area contributed by atoms with E-state index in [0.717, 1.165) is 16.8 Å². The van der Waals surface area contributed by atoms with Crippen LogP contribution in [0.3, 0.4) is 0 Å². The van der Waals surface area contributed by atoms with Crippen molar-refractivity contribution in [2.24, 2.45) is 11.8 Å². The maximum atomic E-state index is 9.87. The molecular formula is C12H15BrO. The minimum absolute atomic E-state index is 0.147. The summed E-state index contributed by atoms with van der Waals surface area (Å²) in [5.41, 5.74) is 1.22. The normalized spacial score (nSPS) is 27.4. The maximum Gasteiger partial charge on any atom is 0.0611 e. The SMILES string of the molecule is CC1CC1C(O)Cc1ccc(Br)cc1. The molecule has 2 heteroatoms. The van der Waals surface area contributed by atoms with Gasteiger partial charge >= 0.3 is 0 Å². The summed E-state index contributed by atoms with van der Waals surface area (Å²) in [5, 5.41) is 9.87. The lowest BCUT2D eigenvalue weighted by Crippen LogP contribution is -2.13. The van der Waals surface area contributed by atoms with E-state index in [1.165, 1.54) is 12.0 Å². The van der Waals surface area contributed by atoms with Gasteiger partial charge in [-0.15, -0.1) is 0 Å². The van der Waals surface area contributed by atoms with Crippen LogP contribution in [0.25, 0.3) is 0 Å². The van der Waals surface area contributed by atoms with E-state index in [2.05, 4.69) is 35.0 Å². The highest BCUT2D eigenvalue weighted by Gasteiger charge is 2.38. The molecule has 1 aromatic rings. The van der Waals surface area contributed by atoms with Crippen LogP contribution in [-0.4, -0.2) is 11.2 Å². The van der Waals surface area contributed by atoms with Crippen molar-refractivity contribution in [2.75, 3.05) is 0 Å². The molecule has 0 radical (unpaired) electrons. The largest absolute Gasteiger partial charge is 0.392 e. The first-order chi connectivity index (χ1) is 6.66. The van der Waals surface area contributed by atoms with Gasteiger partial charge in [0, 0.05) is 4.47 Å². The molecule has 1 aromatic carbocycles. The third kappa shape index (κ3) is 2.37. The highest BCUT2D eigenvalue weighted by Crippen LogP contribution is 2.41. The van der Waals surface area contributed by atoms with E-state index >= 15 is 0 Å². The quantitative estimate of drug-likeness (QED) is 0.880. The number of aliphatic hydroxyl groups excluding tert-OH is 1. The topological polar surface area (TPSA) is 20.2 Å². The molecule has 0 spiro atoms. The highest BCUT2D eigenvalue weighted by atomic mass is 79.9. The van der Waals surface area contributed by atoms with Gasteiger partial charge in [0.2, 0.25) is 0 Å². The van der Waals surface area contributed by atoms with E-state index in [9.17, 15) is 5.11 Å². The van der Waals surface area contributed by atoms with E-state index in [0.29, 0.717) is 5.92 Å². The van der Waals surface area contributed by atoms with Crippen molar-refractivity contribution in [3.63, 3.8) is 0 Å². The lowest BCUT2D eigenvalue weighted by Gasteiger charge is -2.09. The van der Waals surface area contributed by atoms with Gasteiger partial charge in [0.25, 0.3) is 0 Å². The third-order valence-electron chi connectivity index (χ3n) is 3.02. The molecule has 0 bridgehead atoms. The molecule has 3 unspecified atom stereocenters. The van der Waals surface area contributed by atoms with Gasteiger partial charge in [-0.2, -0.15) is 0 Å². The van der Waals surface area contributed by atoms with Crippen LogP contribution in [0.5, 0.6) is 0 Å². The van der Waals surface area contributed by atoms with Gasteiger partial charge in [-0.25, -0.2) is 0 Å². The van der Waals surface area contributed by atoms with Gasteiger partial charge in [-0.3, -0.25) is 0 Å². The molecule has 76 valence electrons. The van der Waals surface area contributed by atoms with Crippen LogP contribution in [-0.2, 0) is 6.42 Å². The summed E-state index contributed by atoms with van der Waals surface area (Å²) in [6.45, 7) is 2.20. The summed E-state index contributed by atoms with van der Waals surface area (Å²) in [7, 11) is 0. The molecule has 1 aliphatic carbocycles. The van der Waals surface area contributed by atoms with Crippen LogP contribution in [0.1, 0.15) is 18.9 Å². The Labute approximate surface area is 93.3 Å². The van der Waals surface area contributed by atoms with Crippen molar-refractivity contribution in [1.82, 2.24) is 0 Å². The molecule has 1 N–H and O–H groups in total. The monoisotopic (exact) mass is 254 g/mol. The molecule has 0 heterocycles. The lowest BCUT2D eigenvalue weighted by molar-refractivity contribution is 0.146. The molecule has 1 nitrogen and oxygen atoms in total. The van der Waals surface area contributed by atoms with Crippen LogP contribution in [0.15, 0.2) is 28.7 Å². The predicted octanol–water partition coefficient (Wildman–Crippen LogP) is 3.01. The minimum Gasteiger partial charge on any atom is -0.392 e. The van der Waals surface area contributed by atoms with Crippen LogP contribution < -0.4 is 0 Å². The Bertz CT molecular complexity index is 307. The summed E-state index contributed by atoms with van der Waals surface area (Å²) in [5.74, 6) is 1.26. The summed E-state index contributed by atoms with van der Waals surface area (Å²) in [4.78, 5) is 0. The van der Waals surface area contributed by atoms with Crippen LogP contribution in [0, 0.1) is 11.8 Å². The van der Waals surface area contributed by atoms with Crippen LogP contribution in [0.4, 0.5) is 0 Å². The Balaban J connectivity index is 1.93. The zero-order valence-corrected chi connectivity index (χ0v) is 9.87. The fraction of sp³-hybridized carbons (Fsp3) is 0.500. The van der Waals surface area contributed by atoms with Gasteiger partial charge in [-0.05, 0) is 42.4 Å². The molecule has 0 aromatic heterocycles. The van der Waals surface area contributed by atoms with Crippen molar-refractivity contribution in [2.45, 2.75) is 25.9 Å². The van der Waals surface area contributed by atoms with Crippen molar-refractivity contribution in [1.29, 1.82) is 0 Å². The standard InChI is InChI=1S/C12H15BrO/c1-8-6-11(8)12(14)7-9-2-4-10(13)5-3-9/h2-5,8,11-12,14H,6-7H2,1H3. The number of hydrogen-bond acceptors (Lipinski definition) is 1. The van der Waals surface area contributed by atoms with Gasteiger partial charge < -0.3 is 5.11 Å². The van der Waals surface area contributed by atoms with Gasteiger partial charge in [0.1, 0.15) is 0 Å². The van der Waals surface area contributed by atoms with Crippen molar-refractivity contribution in [3.05, 3.63) is 34.3 Å². The second kappa shape index (κ2) is 4.03. The fourth-order valence-corrected chi connectivity index (χ4v) is 2.16. The Kier molecular flexibility index (Phi) is 2.93. The summed E-state index contributed by atoms with van der Waals surface area (Å²) < 4.78 is 1.09. The molecule has 0 amide bonds. The summed E-state index contributed by atoms with van der Waals surface area (Å²) in [6.07, 6.45) is 1.84. The predicted molar refractivity (Wildman–Crippen MR) is 61.1 cm³/mol. The first kappa shape index (κ1) is 10.2. The Morgan fingerprint density at radius 1 is 1.43 bits per heavy atom. The molecule has 1 fully saturated rings. The smallest absolute Gasteiger partial charge is 0.0611 e. The van der Waals surface area contributed by atoms with E-state index in [1.807, 2.05) is 12.1 Å². The van der Waals surface area contributed by atoms with Crippen molar-refractivity contribution >= 4 is 15.9 Å². The first-order valence-corrected chi connectivity index (χ1v) is 5.88. The van der Waals surface area contributed by atoms with E-state index in [-0.39, 0.29) is 6.10 Å². The van der Waals surface area contributed by atoms with E-state index in [4.69, 9.17) is 0 Å². The second-order valence-electron chi connectivity index (χ2n) is 4.27. The lowest BCUT2D eigenvalue weighted by atomic mass is 10.0. The summed E-state index contributed by atoms with van der Waals surface area (Å²) >= 11 is 3.40. The fourth-order valence-electron chi connectivity index (χ4n) is 1.90. The molecule has 1 aliphatic rings. The molecule has 0 aliphatic heterocycles. The second-order valence-corrected chi connectivity index (χ2v) is 5.19.